The molecule has 206 valence electrons. The number of aliphatic hydroxyl groups excluding tert-OH is 1. The van der Waals surface area contributed by atoms with Gasteiger partial charge in [0.1, 0.15) is 0 Å². The zero-order valence-corrected chi connectivity index (χ0v) is 22.6. The van der Waals surface area contributed by atoms with Crippen molar-refractivity contribution in [2.45, 2.75) is 70.2 Å². The van der Waals surface area contributed by atoms with E-state index in [1.54, 1.807) is 0 Å². The fourth-order valence-corrected chi connectivity index (χ4v) is 5.48. The SMILES string of the molecule is O=C(NCc1ccc(C2OC(CN3CCCCCCC3)CC(c3ccc(CO)cc3)O2)cc1)c1ccccc1. The van der Waals surface area contributed by atoms with E-state index in [0.717, 1.165) is 48.3 Å². The van der Waals surface area contributed by atoms with E-state index >= 15 is 0 Å². The molecule has 2 aliphatic heterocycles. The molecule has 0 aliphatic carbocycles. The minimum absolute atomic E-state index is 0.0350. The number of carbonyl (C=O) groups is 1. The molecule has 3 unspecified atom stereocenters. The number of nitrogens with zero attached hydrogens (tertiary/aromatic N) is 1. The minimum Gasteiger partial charge on any atom is -0.392 e. The molecule has 0 aromatic heterocycles. The molecule has 2 heterocycles. The molecule has 2 aliphatic rings. The van der Waals surface area contributed by atoms with Gasteiger partial charge in [0, 0.05) is 30.6 Å². The van der Waals surface area contributed by atoms with E-state index in [2.05, 4.69) is 22.3 Å². The zero-order valence-electron chi connectivity index (χ0n) is 22.6. The third kappa shape index (κ3) is 7.76. The second-order valence-corrected chi connectivity index (χ2v) is 10.7. The van der Waals surface area contributed by atoms with Gasteiger partial charge >= 0.3 is 0 Å². The molecule has 3 aromatic rings. The Morgan fingerprint density at radius 2 is 1.44 bits per heavy atom. The van der Waals surface area contributed by atoms with Crippen molar-refractivity contribution in [1.82, 2.24) is 10.2 Å². The molecule has 39 heavy (non-hydrogen) atoms. The van der Waals surface area contributed by atoms with Gasteiger partial charge in [-0.1, -0.05) is 86.0 Å². The average molecular weight is 529 g/mol. The maximum Gasteiger partial charge on any atom is 0.251 e. The summed E-state index contributed by atoms with van der Waals surface area (Å²) in [6.07, 6.45) is 6.79. The first-order valence-electron chi connectivity index (χ1n) is 14.3. The highest BCUT2D eigenvalue weighted by Crippen LogP contribution is 2.38. The van der Waals surface area contributed by atoms with Gasteiger partial charge in [0.15, 0.2) is 6.29 Å². The molecule has 6 nitrogen and oxygen atoms in total. The van der Waals surface area contributed by atoms with Gasteiger partial charge in [-0.2, -0.15) is 0 Å². The molecule has 2 N–H and O–H groups in total. The summed E-state index contributed by atoms with van der Waals surface area (Å²) in [6.45, 7) is 3.66. The first-order chi connectivity index (χ1) is 19.2. The van der Waals surface area contributed by atoms with Gasteiger partial charge in [-0.15, -0.1) is 0 Å². The number of hydrogen-bond donors (Lipinski definition) is 2. The zero-order chi connectivity index (χ0) is 26.9. The summed E-state index contributed by atoms with van der Waals surface area (Å²) < 4.78 is 13.1. The lowest BCUT2D eigenvalue weighted by Gasteiger charge is -2.38. The Bertz CT molecular complexity index is 1160. The van der Waals surface area contributed by atoms with Crippen LogP contribution in [0.1, 0.15) is 83.5 Å². The molecule has 3 aromatic carbocycles. The van der Waals surface area contributed by atoms with Crippen LogP contribution in [0.15, 0.2) is 78.9 Å². The van der Waals surface area contributed by atoms with Gasteiger partial charge in [-0.05, 0) is 54.8 Å². The lowest BCUT2D eigenvalue weighted by Crippen LogP contribution is -2.40. The number of rotatable bonds is 8. The van der Waals surface area contributed by atoms with E-state index in [4.69, 9.17) is 9.47 Å². The largest absolute Gasteiger partial charge is 0.392 e. The summed E-state index contributed by atoms with van der Waals surface area (Å²) in [5, 5.41) is 12.5. The fourth-order valence-electron chi connectivity index (χ4n) is 5.48. The van der Waals surface area contributed by atoms with Crippen molar-refractivity contribution in [2.75, 3.05) is 19.6 Å². The van der Waals surface area contributed by atoms with Crippen LogP contribution in [0.25, 0.3) is 0 Å². The second kappa shape index (κ2) is 13.9. The predicted octanol–water partition coefficient (Wildman–Crippen LogP) is 5.92. The molecular formula is C33H40N2O4. The van der Waals surface area contributed by atoms with Gasteiger partial charge in [0.05, 0.1) is 18.8 Å². The van der Waals surface area contributed by atoms with E-state index in [1.165, 1.54) is 32.1 Å². The van der Waals surface area contributed by atoms with Gasteiger partial charge in [-0.25, -0.2) is 0 Å². The van der Waals surface area contributed by atoms with E-state index in [9.17, 15) is 9.90 Å². The highest BCUT2D eigenvalue weighted by molar-refractivity contribution is 5.94. The highest BCUT2D eigenvalue weighted by Gasteiger charge is 2.33. The van der Waals surface area contributed by atoms with Crippen LogP contribution in [0, 0.1) is 0 Å². The second-order valence-electron chi connectivity index (χ2n) is 10.7. The van der Waals surface area contributed by atoms with Crippen molar-refractivity contribution in [1.29, 1.82) is 0 Å². The Morgan fingerprint density at radius 3 is 2.13 bits per heavy atom. The summed E-state index contributed by atoms with van der Waals surface area (Å²) in [5.41, 5.74) is 4.66. The molecule has 0 radical (unpaired) electrons. The molecule has 1 amide bonds. The summed E-state index contributed by atoms with van der Waals surface area (Å²) in [4.78, 5) is 15.0. The molecule has 5 rings (SSSR count). The fraction of sp³-hybridized carbons (Fsp3) is 0.424. The van der Waals surface area contributed by atoms with Crippen molar-refractivity contribution < 1.29 is 19.4 Å². The average Bonchev–Trinajstić information content (AvgIpc) is 2.98. The van der Waals surface area contributed by atoms with Crippen LogP contribution in [0.2, 0.25) is 0 Å². The Labute approximate surface area is 232 Å². The standard InChI is InChI=1S/C33H40N2O4/c36-24-26-13-15-27(16-14-26)31-21-30(23-35-19-7-2-1-3-8-20-35)38-33(39-31)29-17-11-25(12-18-29)22-34-32(37)28-9-5-4-6-10-28/h4-6,9-18,30-31,33,36H,1-3,7-8,19-24H2,(H,34,37). The molecule has 2 saturated heterocycles. The number of ether oxygens (including phenoxy) is 2. The Kier molecular flexibility index (Phi) is 9.78. The summed E-state index contributed by atoms with van der Waals surface area (Å²) in [5.74, 6) is -0.0826. The molecule has 0 spiro atoms. The number of benzene rings is 3. The lowest BCUT2D eigenvalue weighted by molar-refractivity contribution is -0.253. The molecule has 0 bridgehead atoms. The van der Waals surface area contributed by atoms with Gasteiger partial charge in [0.2, 0.25) is 0 Å². The van der Waals surface area contributed by atoms with Gasteiger partial charge in [-0.3, -0.25) is 4.79 Å². The number of carbonyl (C=O) groups excluding carboxylic acids is 1. The number of likely N-dealkylation sites (tertiary alicyclic amines) is 1. The van der Waals surface area contributed by atoms with Crippen molar-refractivity contribution in [3.63, 3.8) is 0 Å². The predicted molar refractivity (Wildman–Crippen MR) is 152 cm³/mol. The first kappa shape index (κ1) is 27.5. The Balaban J connectivity index is 1.27. The van der Waals surface area contributed by atoms with Crippen LogP contribution in [0.3, 0.4) is 0 Å². The Hall–Kier alpha value is -3.03. The molecule has 0 saturated carbocycles. The maximum absolute atomic E-state index is 12.4. The molecule has 3 atom stereocenters. The first-order valence-corrected chi connectivity index (χ1v) is 14.3. The molecule has 6 heteroatoms. The number of aliphatic hydroxyl groups is 1. The van der Waals surface area contributed by atoms with Crippen molar-refractivity contribution >= 4 is 5.91 Å². The van der Waals surface area contributed by atoms with E-state index in [-0.39, 0.29) is 24.7 Å². The van der Waals surface area contributed by atoms with Crippen LogP contribution in [-0.4, -0.2) is 41.7 Å². The van der Waals surface area contributed by atoms with E-state index < -0.39 is 6.29 Å². The number of nitrogens with one attached hydrogen (secondary N) is 1. The third-order valence-corrected chi connectivity index (χ3v) is 7.77. The van der Waals surface area contributed by atoms with Crippen LogP contribution >= 0.6 is 0 Å². The maximum atomic E-state index is 12.4. The van der Waals surface area contributed by atoms with Crippen LogP contribution < -0.4 is 5.32 Å². The summed E-state index contributed by atoms with van der Waals surface area (Å²) >= 11 is 0. The lowest BCUT2D eigenvalue weighted by atomic mass is 9.99. The van der Waals surface area contributed by atoms with Gasteiger partial charge < -0.3 is 24.8 Å². The van der Waals surface area contributed by atoms with E-state index in [0.29, 0.717) is 12.1 Å². The molecular weight excluding hydrogens is 488 g/mol. The minimum atomic E-state index is -0.464. The van der Waals surface area contributed by atoms with Gasteiger partial charge in [0.25, 0.3) is 5.91 Å². The molecule has 2 fully saturated rings. The number of amides is 1. The monoisotopic (exact) mass is 528 g/mol. The highest BCUT2D eigenvalue weighted by atomic mass is 16.7. The topological polar surface area (TPSA) is 71.0 Å². The third-order valence-electron chi connectivity index (χ3n) is 7.77. The Morgan fingerprint density at radius 1 is 0.795 bits per heavy atom. The van der Waals surface area contributed by atoms with E-state index in [1.807, 2.05) is 66.7 Å². The summed E-state index contributed by atoms with van der Waals surface area (Å²) in [6, 6.07) is 25.4. The smallest absolute Gasteiger partial charge is 0.251 e. The number of hydrogen-bond acceptors (Lipinski definition) is 5. The van der Waals surface area contributed by atoms with Crippen molar-refractivity contribution in [3.8, 4) is 0 Å². The van der Waals surface area contributed by atoms with Crippen molar-refractivity contribution in [2.24, 2.45) is 0 Å². The van der Waals surface area contributed by atoms with Crippen LogP contribution in [-0.2, 0) is 22.6 Å². The quantitative estimate of drug-likeness (QED) is 0.380. The summed E-state index contributed by atoms with van der Waals surface area (Å²) in [7, 11) is 0. The van der Waals surface area contributed by atoms with Crippen LogP contribution in [0.4, 0.5) is 0 Å². The normalized spacial score (nSPS) is 22.5. The van der Waals surface area contributed by atoms with Crippen molar-refractivity contribution in [3.05, 3.63) is 107 Å². The van der Waals surface area contributed by atoms with Crippen LogP contribution in [0.5, 0.6) is 0 Å².